The maximum Gasteiger partial charge on any atom is 0.255 e. The van der Waals surface area contributed by atoms with E-state index >= 15 is 0 Å². The highest BCUT2D eigenvalue weighted by Gasteiger charge is 2.16. The lowest BCUT2D eigenvalue weighted by atomic mass is 10.1. The molecule has 23 heavy (non-hydrogen) atoms. The summed E-state index contributed by atoms with van der Waals surface area (Å²) in [6.45, 7) is 2.25. The lowest BCUT2D eigenvalue weighted by Crippen LogP contribution is -2.36. The summed E-state index contributed by atoms with van der Waals surface area (Å²) in [5.74, 6) is -0.0814. The molecule has 2 aromatic rings. The van der Waals surface area contributed by atoms with Crippen LogP contribution in [0.3, 0.4) is 0 Å². The first kappa shape index (κ1) is 15.6. The molecule has 1 heterocycles. The lowest BCUT2D eigenvalue weighted by molar-refractivity contribution is 0.102. The fourth-order valence-corrected chi connectivity index (χ4v) is 2.87. The molecule has 0 radical (unpaired) electrons. The molecule has 0 spiro atoms. The van der Waals surface area contributed by atoms with Crippen molar-refractivity contribution in [3.05, 3.63) is 60.2 Å². The second-order valence-corrected chi connectivity index (χ2v) is 6.12. The van der Waals surface area contributed by atoms with E-state index in [0.717, 1.165) is 37.3 Å². The molecule has 4 nitrogen and oxygen atoms in total. The van der Waals surface area contributed by atoms with Crippen molar-refractivity contribution < 1.29 is 4.79 Å². The molecule has 2 aromatic carbocycles. The van der Waals surface area contributed by atoms with E-state index in [0.29, 0.717) is 11.6 Å². The van der Waals surface area contributed by atoms with Gasteiger partial charge in [-0.1, -0.05) is 24.3 Å². The van der Waals surface area contributed by atoms with Crippen LogP contribution < -0.4 is 10.6 Å². The molecule has 1 fully saturated rings. The summed E-state index contributed by atoms with van der Waals surface area (Å²) in [7, 11) is 2.16. The minimum atomic E-state index is -0.0814. The van der Waals surface area contributed by atoms with Gasteiger partial charge in [0.2, 0.25) is 0 Å². The second kappa shape index (κ2) is 7.29. The summed E-state index contributed by atoms with van der Waals surface area (Å²) in [5, 5.41) is 6.53. The van der Waals surface area contributed by atoms with E-state index in [4.69, 9.17) is 0 Å². The molecule has 0 aromatic heterocycles. The van der Waals surface area contributed by atoms with E-state index in [1.54, 1.807) is 0 Å². The van der Waals surface area contributed by atoms with Crippen LogP contribution in [0.25, 0.3) is 0 Å². The first-order valence-electron chi connectivity index (χ1n) is 8.12. The third-order valence-electron chi connectivity index (χ3n) is 4.25. The average Bonchev–Trinajstić information content (AvgIpc) is 2.58. The van der Waals surface area contributed by atoms with E-state index in [1.807, 2.05) is 48.5 Å². The summed E-state index contributed by atoms with van der Waals surface area (Å²) in [6, 6.07) is 17.7. The number of nitrogens with one attached hydrogen (secondary N) is 2. The fourth-order valence-electron chi connectivity index (χ4n) is 2.87. The number of amides is 1. The van der Waals surface area contributed by atoms with Gasteiger partial charge in [-0.05, 0) is 63.3 Å². The molecule has 1 aliphatic rings. The Morgan fingerprint density at radius 2 is 1.70 bits per heavy atom. The highest BCUT2D eigenvalue weighted by Crippen LogP contribution is 2.20. The molecule has 1 saturated heterocycles. The highest BCUT2D eigenvalue weighted by molar-refractivity contribution is 6.04. The summed E-state index contributed by atoms with van der Waals surface area (Å²) in [5.41, 5.74) is 2.54. The minimum Gasteiger partial charge on any atom is -0.382 e. The van der Waals surface area contributed by atoms with Gasteiger partial charge in [-0.2, -0.15) is 0 Å². The molecule has 0 saturated carbocycles. The molecule has 2 N–H and O–H groups in total. The molecule has 0 bridgehead atoms. The van der Waals surface area contributed by atoms with E-state index in [-0.39, 0.29) is 5.91 Å². The Morgan fingerprint density at radius 3 is 2.43 bits per heavy atom. The Bertz CT molecular complexity index is 649. The Labute approximate surface area is 137 Å². The molecular weight excluding hydrogens is 286 g/mol. The normalized spacial score (nSPS) is 16.0. The predicted octanol–water partition coefficient (Wildman–Crippen LogP) is 3.45. The number of rotatable bonds is 4. The van der Waals surface area contributed by atoms with Crippen molar-refractivity contribution in [2.45, 2.75) is 18.9 Å². The minimum absolute atomic E-state index is 0.0814. The number of likely N-dealkylation sites (tertiary alicyclic amines) is 1. The quantitative estimate of drug-likeness (QED) is 0.909. The largest absolute Gasteiger partial charge is 0.382 e. The van der Waals surface area contributed by atoms with Crippen LogP contribution >= 0.6 is 0 Å². The Kier molecular flexibility index (Phi) is 4.93. The van der Waals surface area contributed by atoms with Gasteiger partial charge in [0.1, 0.15) is 0 Å². The molecular formula is C19H23N3O. The molecule has 4 heteroatoms. The van der Waals surface area contributed by atoms with Gasteiger partial charge in [0.25, 0.3) is 5.91 Å². The van der Waals surface area contributed by atoms with Crippen LogP contribution in [0.2, 0.25) is 0 Å². The number of hydrogen-bond donors (Lipinski definition) is 2. The van der Waals surface area contributed by atoms with Crippen molar-refractivity contribution >= 4 is 17.3 Å². The van der Waals surface area contributed by atoms with Crippen LogP contribution in [0.1, 0.15) is 23.2 Å². The van der Waals surface area contributed by atoms with Crippen molar-refractivity contribution in [3.8, 4) is 0 Å². The zero-order valence-electron chi connectivity index (χ0n) is 13.5. The molecule has 0 unspecified atom stereocenters. The van der Waals surface area contributed by atoms with E-state index < -0.39 is 0 Å². The van der Waals surface area contributed by atoms with Gasteiger partial charge in [-0.25, -0.2) is 0 Å². The molecule has 1 aliphatic heterocycles. The van der Waals surface area contributed by atoms with Crippen LogP contribution in [0.15, 0.2) is 54.6 Å². The van der Waals surface area contributed by atoms with E-state index in [1.165, 1.54) is 0 Å². The SMILES string of the molecule is CN1CCC(Nc2cccc(NC(=O)c3ccccc3)c2)CC1. The molecule has 3 rings (SSSR count). The standard InChI is InChI=1S/C19H23N3O/c1-22-12-10-16(11-13-22)20-17-8-5-9-18(14-17)21-19(23)15-6-3-2-4-7-15/h2-9,14,16,20H,10-13H2,1H3,(H,21,23). The van der Waals surface area contributed by atoms with Crippen LogP contribution in [0.5, 0.6) is 0 Å². The smallest absolute Gasteiger partial charge is 0.255 e. The van der Waals surface area contributed by atoms with Gasteiger partial charge in [0, 0.05) is 23.0 Å². The third-order valence-corrected chi connectivity index (χ3v) is 4.25. The predicted molar refractivity (Wildman–Crippen MR) is 95.0 cm³/mol. The highest BCUT2D eigenvalue weighted by atomic mass is 16.1. The number of carbonyl (C=O) groups excluding carboxylic acids is 1. The fraction of sp³-hybridized carbons (Fsp3) is 0.316. The number of carbonyl (C=O) groups is 1. The number of piperidine rings is 1. The maximum atomic E-state index is 12.2. The number of hydrogen-bond acceptors (Lipinski definition) is 3. The Morgan fingerprint density at radius 1 is 1.00 bits per heavy atom. The topological polar surface area (TPSA) is 44.4 Å². The van der Waals surface area contributed by atoms with Crippen molar-refractivity contribution in [1.29, 1.82) is 0 Å². The van der Waals surface area contributed by atoms with Crippen LogP contribution in [-0.4, -0.2) is 37.0 Å². The van der Waals surface area contributed by atoms with Crippen molar-refractivity contribution in [3.63, 3.8) is 0 Å². The summed E-state index contributed by atoms with van der Waals surface area (Å²) < 4.78 is 0. The summed E-state index contributed by atoms with van der Waals surface area (Å²) >= 11 is 0. The third kappa shape index (κ3) is 4.33. The maximum absolute atomic E-state index is 12.2. The van der Waals surface area contributed by atoms with Gasteiger partial charge in [-0.3, -0.25) is 4.79 Å². The van der Waals surface area contributed by atoms with Crippen LogP contribution in [-0.2, 0) is 0 Å². The summed E-state index contributed by atoms with van der Waals surface area (Å²) in [6.07, 6.45) is 2.30. The molecule has 1 amide bonds. The van der Waals surface area contributed by atoms with Crippen molar-refractivity contribution in [2.24, 2.45) is 0 Å². The summed E-state index contributed by atoms with van der Waals surface area (Å²) in [4.78, 5) is 14.6. The number of anilines is 2. The van der Waals surface area contributed by atoms with Crippen LogP contribution in [0, 0.1) is 0 Å². The Hall–Kier alpha value is -2.33. The zero-order chi connectivity index (χ0) is 16.1. The van der Waals surface area contributed by atoms with Crippen molar-refractivity contribution in [1.82, 2.24) is 4.90 Å². The molecule has 0 aliphatic carbocycles. The van der Waals surface area contributed by atoms with E-state index in [2.05, 4.69) is 28.6 Å². The van der Waals surface area contributed by atoms with Gasteiger partial charge in [-0.15, -0.1) is 0 Å². The average molecular weight is 309 g/mol. The lowest BCUT2D eigenvalue weighted by Gasteiger charge is -2.30. The van der Waals surface area contributed by atoms with E-state index in [9.17, 15) is 4.79 Å². The van der Waals surface area contributed by atoms with Gasteiger partial charge in [0.05, 0.1) is 0 Å². The van der Waals surface area contributed by atoms with Crippen molar-refractivity contribution in [2.75, 3.05) is 30.8 Å². The second-order valence-electron chi connectivity index (χ2n) is 6.12. The van der Waals surface area contributed by atoms with Gasteiger partial charge < -0.3 is 15.5 Å². The molecule has 120 valence electrons. The van der Waals surface area contributed by atoms with Crippen LogP contribution in [0.4, 0.5) is 11.4 Å². The van der Waals surface area contributed by atoms with Gasteiger partial charge in [0.15, 0.2) is 0 Å². The van der Waals surface area contributed by atoms with Gasteiger partial charge >= 0.3 is 0 Å². The zero-order valence-corrected chi connectivity index (χ0v) is 13.5. The number of benzene rings is 2. The molecule has 0 atom stereocenters. The monoisotopic (exact) mass is 309 g/mol. The Balaban J connectivity index is 1.62. The first-order chi connectivity index (χ1) is 11.2. The first-order valence-corrected chi connectivity index (χ1v) is 8.12. The number of nitrogens with zero attached hydrogens (tertiary/aromatic N) is 1.